The number of carbonyl (C=O) groups excluding carboxylic acids is 1. The Hall–Kier alpha value is -1.05. The molecule has 1 unspecified atom stereocenters. The quantitative estimate of drug-likeness (QED) is 0.527. The Balaban J connectivity index is 1.63. The van der Waals surface area contributed by atoms with Gasteiger partial charge in [0.1, 0.15) is 11.9 Å². The fourth-order valence-corrected chi connectivity index (χ4v) is 6.65. The van der Waals surface area contributed by atoms with Crippen molar-refractivity contribution in [2.75, 3.05) is 0 Å². The normalized spacial score (nSPS) is 48.8. The molecule has 0 spiro atoms. The number of rotatable bonds is 2. The largest absolute Gasteiger partial charge is 0.498 e. The minimum Gasteiger partial charge on any atom is -0.498 e. The molecule has 4 aliphatic rings. The van der Waals surface area contributed by atoms with E-state index in [-0.39, 0.29) is 5.41 Å². The average molecular weight is 314 g/mol. The SMILES string of the molecule is C=COC1CC[C@@]2(C)C(=CC[C@@H]3[C@@H]2CC[C@]2(C)C(=O)CC[C@@H]32)C1. The van der Waals surface area contributed by atoms with Gasteiger partial charge in [0, 0.05) is 18.3 Å². The number of ketones is 1. The zero-order valence-electron chi connectivity index (χ0n) is 14.6. The van der Waals surface area contributed by atoms with Gasteiger partial charge >= 0.3 is 0 Å². The molecule has 4 rings (SSSR count). The Morgan fingerprint density at radius 3 is 2.70 bits per heavy atom. The van der Waals surface area contributed by atoms with E-state index in [1.807, 2.05) is 0 Å². The van der Waals surface area contributed by atoms with E-state index in [1.54, 1.807) is 11.8 Å². The van der Waals surface area contributed by atoms with Crippen LogP contribution >= 0.6 is 0 Å². The third-order valence-corrected chi connectivity index (χ3v) is 8.06. The molecule has 0 radical (unpaired) electrons. The lowest BCUT2D eigenvalue weighted by molar-refractivity contribution is -0.132. The van der Waals surface area contributed by atoms with E-state index in [2.05, 4.69) is 26.5 Å². The van der Waals surface area contributed by atoms with Gasteiger partial charge in [-0.2, -0.15) is 0 Å². The maximum absolute atomic E-state index is 12.4. The van der Waals surface area contributed by atoms with Crippen LogP contribution in [-0.4, -0.2) is 11.9 Å². The second-order valence-electron chi connectivity index (χ2n) is 8.84. The molecule has 0 saturated heterocycles. The summed E-state index contributed by atoms with van der Waals surface area (Å²) in [5.74, 6) is 2.68. The van der Waals surface area contributed by atoms with Crippen LogP contribution in [0.3, 0.4) is 0 Å². The summed E-state index contributed by atoms with van der Waals surface area (Å²) in [5.41, 5.74) is 1.97. The molecule has 0 bridgehead atoms. The van der Waals surface area contributed by atoms with E-state index in [1.165, 1.54) is 19.3 Å². The molecule has 2 nitrogen and oxygen atoms in total. The molecule has 126 valence electrons. The van der Waals surface area contributed by atoms with Crippen LogP contribution in [-0.2, 0) is 9.53 Å². The Kier molecular flexibility index (Phi) is 3.52. The summed E-state index contributed by atoms with van der Waals surface area (Å²) < 4.78 is 5.69. The molecule has 0 aromatic heterocycles. The number of Topliss-reactive ketones (excluding diaryl/α,β-unsaturated/α-hetero) is 1. The summed E-state index contributed by atoms with van der Waals surface area (Å²) in [6, 6.07) is 0. The maximum atomic E-state index is 12.4. The van der Waals surface area contributed by atoms with Crippen molar-refractivity contribution in [2.24, 2.45) is 28.6 Å². The van der Waals surface area contributed by atoms with E-state index < -0.39 is 0 Å². The highest BCUT2D eigenvalue weighted by Crippen LogP contribution is 2.64. The van der Waals surface area contributed by atoms with Crippen LogP contribution in [0.2, 0.25) is 0 Å². The van der Waals surface area contributed by atoms with Gasteiger partial charge < -0.3 is 4.74 Å². The molecular formula is C21H30O2. The number of ether oxygens (including phenoxy) is 1. The molecule has 2 heteroatoms. The predicted octanol–water partition coefficient (Wildman–Crippen LogP) is 5.05. The van der Waals surface area contributed by atoms with Crippen LogP contribution in [0.5, 0.6) is 0 Å². The van der Waals surface area contributed by atoms with E-state index in [4.69, 9.17) is 4.74 Å². The van der Waals surface area contributed by atoms with Crippen LogP contribution in [0.1, 0.15) is 65.2 Å². The molecule has 0 aliphatic heterocycles. The molecule has 0 aromatic rings. The van der Waals surface area contributed by atoms with Gasteiger partial charge in [-0.15, -0.1) is 0 Å². The minimum atomic E-state index is -0.00791. The zero-order valence-corrected chi connectivity index (χ0v) is 14.6. The molecule has 3 saturated carbocycles. The monoisotopic (exact) mass is 314 g/mol. The Morgan fingerprint density at radius 1 is 1.17 bits per heavy atom. The standard InChI is InChI=1S/C21H30O2/c1-4-23-15-9-11-20(2)14(13-15)5-6-16-17-7-8-19(22)21(17,3)12-10-18(16)20/h4-5,15-18H,1,6-13H2,2-3H3/t15?,16-,17-,18-,20-,21-/m0/s1. The Bertz CT molecular complexity index is 562. The number of hydrogen-bond donors (Lipinski definition) is 0. The Labute approximate surface area is 140 Å². The highest BCUT2D eigenvalue weighted by atomic mass is 16.5. The van der Waals surface area contributed by atoms with Crippen molar-refractivity contribution < 1.29 is 9.53 Å². The highest BCUT2D eigenvalue weighted by molar-refractivity contribution is 5.87. The summed E-state index contributed by atoms with van der Waals surface area (Å²) in [4.78, 5) is 12.4. The topological polar surface area (TPSA) is 26.3 Å². The smallest absolute Gasteiger partial charge is 0.139 e. The third kappa shape index (κ3) is 2.09. The fraction of sp³-hybridized carbons (Fsp3) is 0.762. The van der Waals surface area contributed by atoms with Gasteiger partial charge in [-0.05, 0) is 61.7 Å². The zero-order chi connectivity index (χ0) is 16.2. The second kappa shape index (κ2) is 5.22. The van der Waals surface area contributed by atoms with Crippen molar-refractivity contribution in [3.63, 3.8) is 0 Å². The molecular weight excluding hydrogens is 284 g/mol. The van der Waals surface area contributed by atoms with Crippen LogP contribution in [0.25, 0.3) is 0 Å². The third-order valence-electron chi connectivity index (χ3n) is 8.06. The van der Waals surface area contributed by atoms with E-state index >= 15 is 0 Å². The van der Waals surface area contributed by atoms with E-state index in [0.29, 0.717) is 23.2 Å². The number of allylic oxidation sites excluding steroid dienone is 1. The van der Waals surface area contributed by atoms with Gasteiger partial charge in [-0.3, -0.25) is 4.79 Å². The first-order chi connectivity index (χ1) is 11.0. The lowest BCUT2D eigenvalue weighted by Crippen LogP contribution is -2.50. The lowest BCUT2D eigenvalue weighted by Gasteiger charge is -2.56. The van der Waals surface area contributed by atoms with Crippen LogP contribution in [0, 0.1) is 28.6 Å². The Morgan fingerprint density at radius 2 is 1.91 bits per heavy atom. The van der Waals surface area contributed by atoms with Crippen LogP contribution in [0.4, 0.5) is 0 Å². The summed E-state index contributed by atoms with van der Waals surface area (Å²) in [5, 5.41) is 0. The first-order valence-corrected chi connectivity index (χ1v) is 9.48. The van der Waals surface area contributed by atoms with E-state index in [9.17, 15) is 4.79 Å². The highest BCUT2D eigenvalue weighted by Gasteiger charge is 2.58. The molecule has 0 heterocycles. The molecule has 0 N–H and O–H groups in total. The van der Waals surface area contributed by atoms with Gasteiger partial charge in [-0.25, -0.2) is 0 Å². The second-order valence-corrected chi connectivity index (χ2v) is 8.84. The minimum absolute atomic E-state index is 0.00791. The molecule has 0 amide bonds. The van der Waals surface area contributed by atoms with E-state index in [0.717, 1.165) is 43.9 Å². The summed E-state index contributed by atoms with van der Waals surface area (Å²) in [6.45, 7) is 8.48. The maximum Gasteiger partial charge on any atom is 0.139 e. The van der Waals surface area contributed by atoms with Crippen molar-refractivity contribution in [1.82, 2.24) is 0 Å². The molecule has 0 aromatic carbocycles. The predicted molar refractivity (Wildman–Crippen MR) is 91.8 cm³/mol. The van der Waals surface area contributed by atoms with Gasteiger partial charge in [0.2, 0.25) is 0 Å². The van der Waals surface area contributed by atoms with Gasteiger partial charge in [-0.1, -0.05) is 32.1 Å². The first kappa shape index (κ1) is 15.5. The van der Waals surface area contributed by atoms with Crippen molar-refractivity contribution >= 4 is 5.78 Å². The van der Waals surface area contributed by atoms with Gasteiger partial charge in [0.15, 0.2) is 0 Å². The first-order valence-electron chi connectivity index (χ1n) is 9.48. The van der Waals surface area contributed by atoms with Crippen LogP contribution < -0.4 is 0 Å². The van der Waals surface area contributed by atoms with Crippen molar-refractivity contribution in [1.29, 1.82) is 0 Å². The molecule has 23 heavy (non-hydrogen) atoms. The van der Waals surface area contributed by atoms with Gasteiger partial charge in [0.25, 0.3) is 0 Å². The fourth-order valence-electron chi connectivity index (χ4n) is 6.65. The molecule has 6 atom stereocenters. The van der Waals surface area contributed by atoms with Crippen LogP contribution in [0.15, 0.2) is 24.5 Å². The van der Waals surface area contributed by atoms with Crippen molar-refractivity contribution in [2.45, 2.75) is 71.3 Å². The van der Waals surface area contributed by atoms with Crippen molar-refractivity contribution in [3.8, 4) is 0 Å². The van der Waals surface area contributed by atoms with Crippen molar-refractivity contribution in [3.05, 3.63) is 24.5 Å². The number of hydrogen-bond acceptors (Lipinski definition) is 2. The van der Waals surface area contributed by atoms with Gasteiger partial charge in [0.05, 0.1) is 6.26 Å². The molecule has 4 aliphatic carbocycles. The number of fused-ring (bicyclic) bond motifs is 5. The lowest BCUT2D eigenvalue weighted by atomic mass is 9.48. The number of carbonyl (C=O) groups is 1. The summed E-state index contributed by atoms with van der Waals surface area (Å²) in [7, 11) is 0. The molecule has 3 fully saturated rings. The summed E-state index contributed by atoms with van der Waals surface area (Å²) >= 11 is 0. The average Bonchev–Trinajstić information content (AvgIpc) is 2.84. The summed E-state index contributed by atoms with van der Waals surface area (Å²) in [6.07, 6.45) is 13.4.